The second-order valence-electron chi connectivity index (χ2n) is 3.34. The van der Waals surface area contributed by atoms with Crippen molar-refractivity contribution in [3.05, 3.63) is 23.2 Å². The summed E-state index contributed by atoms with van der Waals surface area (Å²) in [5, 5.41) is 12.2. The Kier molecular flexibility index (Phi) is 5.06. The zero-order chi connectivity index (χ0) is 12.8. The Morgan fingerprint density at radius 3 is 2.76 bits per heavy atom. The number of hydrogen-bond donors (Lipinski definition) is 2. The fourth-order valence-electron chi connectivity index (χ4n) is 1.29. The van der Waals surface area contributed by atoms with Gasteiger partial charge in [0.05, 0.1) is 18.7 Å². The van der Waals surface area contributed by atoms with E-state index in [9.17, 15) is 4.79 Å². The van der Waals surface area contributed by atoms with Gasteiger partial charge in [0, 0.05) is 18.9 Å². The summed E-state index contributed by atoms with van der Waals surface area (Å²) in [6.45, 7) is 0.0697. The van der Waals surface area contributed by atoms with Crippen LogP contribution in [0, 0.1) is 0 Å². The third-order valence-electron chi connectivity index (χ3n) is 2.12. The molecule has 2 N–H and O–H groups in total. The van der Waals surface area contributed by atoms with Crippen LogP contribution in [0.1, 0.15) is 0 Å². The van der Waals surface area contributed by atoms with E-state index in [2.05, 4.69) is 5.32 Å². The van der Waals surface area contributed by atoms with Gasteiger partial charge in [0.25, 0.3) is 0 Å². The van der Waals surface area contributed by atoms with Gasteiger partial charge in [-0.3, -0.25) is 0 Å². The first-order valence-electron chi connectivity index (χ1n) is 4.90. The van der Waals surface area contributed by atoms with Gasteiger partial charge < -0.3 is 19.9 Å². The lowest BCUT2D eigenvalue weighted by atomic mass is 10.2. The van der Waals surface area contributed by atoms with Gasteiger partial charge >= 0.3 is 5.97 Å². The minimum absolute atomic E-state index is 0.0697. The Hall–Kier alpha value is -1.46. The molecule has 1 atom stereocenters. The monoisotopic (exact) mass is 259 g/mol. The first kappa shape index (κ1) is 13.6. The number of carboxylic acids is 1. The number of aliphatic carboxylic acids is 1. The maximum Gasteiger partial charge on any atom is 0.328 e. The highest BCUT2D eigenvalue weighted by molar-refractivity contribution is 6.32. The van der Waals surface area contributed by atoms with Crippen molar-refractivity contribution in [2.75, 3.05) is 26.1 Å². The average molecular weight is 260 g/mol. The third-order valence-corrected chi connectivity index (χ3v) is 2.44. The lowest BCUT2D eigenvalue weighted by molar-refractivity contribution is -0.139. The van der Waals surface area contributed by atoms with Crippen molar-refractivity contribution in [2.24, 2.45) is 0 Å². The molecule has 17 heavy (non-hydrogen) atoms. The van der Waals surface area contributed by atoms with E-state index >= 15 is 0 Å². The third kappa shape index (κ3) is 3.80. The molecule has 1 aromatic carbocycles. The van der Waals surface area contributed by atoms with Crippen LogP contribution in [0.3, 0.4) is 0 Å². The van der Waals surface area contributed by atoms with E-state index in [-0.39, 0.29) is 6.61 Å². The lowest BCUT2D eigenvalue weighted by Crippen LogP contribution is -2.33. The van der Waals surface area contributed by atoms with Gasteiger partial charge in [-0.2, -0.15) is 0 Å². The van der Waals surface area contributed by atoms with Crippen LogP contribution < -0.4 is 10.1 Å². The highest BCUT2D eigenvalue weighted by Gasteiger charge is 2.17. The van der Waals surface area contributed by atoms with Crippen LogP contribution in [0.25, 0.3) is 0 Å². The van der Waals surface area contributed by atoms with E-state index in [0.717, 1.165) is 0 Å². The van der Waals surface area contributed by atoms with E-state index in [0.29, 0.717) is 16.5 Å². The topological polar surface area (TPSA) is 67.8 Å². The number of methoxy groups -OCH3 is 2. The first-order chi connectivity index (χ1) is 8.08. The second-order valence-corrected chi connectivity index (χ2v) is 3.75. The molecule has 0 bridgehead atoms. The molecule has 1 rings (SSSR count). The molecule has 1 aromatic rings. The quantitative estimate of drug-likeness (QED) is 0.816. The summed E-state index contributed by atoms with van der Waals surface area (Å²) in [7, 11) is 2.94. The molecule has 1 unspecified atom stereocenters. The number of ether oxygens (including phenoxy) is 2. The highest BCUT2D eigenvalue weighted by atomic mass is 35.5. The zero-order valence-electron chi connectivity index (χ0n) is 9.57. The molecule has 0 spiro atoms. The summed E-state index contributed by atoms with van der Waals surface area (Å²) >= 11 is 5.86. The maximum absolute atomic E-state index is 10.9. The highest BCUT2D eigenvalue weighted by Crippen LogP contribution is 2.27. The molecular formula is C11H14ClNO4. The van der Waals surface area contributed by atoms with Crippen molar-refractivity contribution in [2.45, 2.75) is 6.04 Å². The van der Waals surface area contributed by atoms with Gasteiger partial charge in [0.2, 0.25) is 0 Å². The number of anilines is 1. The van der Waals surface area contributed by atoms with E-state index < -0.39 is 12.0 Å². The molecule has 0 aliphatic rings. The molecule has 5 nitrogen and oxygen atoms in total. The van der Waals surface area contributed by atoms with Gasteiger partial charge in [-0.1, -0.05) is 11.6 Å². The van der Waals surface area contributed by atoms with E-state index in [1.165, 1.54) is 14.2 Å². The Morgan fingerprint density at radius 1 is 1.53 bits per heavy atom. The van der Waals surface area contributed by atoms with Crippen molar-refractivity contribution in [1.82, 2.24) is 0 Å². The van der Waals surface area contributed by atoms with Crippen LogP contribution in [0.15, 0.2) is 18.2 Å². The maximum atomic E-state index is 10.9. The number of rotatable bonds is 6. The summed E-state index contributed by atoms with van der Waals surface area (Å²) in [6, 6.07) is 4.13. The van der Waals surface area contributed by atoms with Gasteiger partial charge in [-0.15, -0.1) is 0 Å². The van der Waals surface area contributed by atoms with Crippen LogP contribution in [0.2, 0.25) is 5.02 Å². The molecule has 0 aliphatic carbocycles. The number of carbonyl (C=O) groups is 1. The summed E-state index contributed by atoms with van der Waals surface area (Å²) < 4.78 is 9.85. The van der Waals surface area contributed by atoms with Crippen molar-refractivity contribution < 1.29 is 19.4 Å². The fraction of sp³-hybridized carbons (Fsp3) is 0.364. The van der Waals surface area contributed by atoms with Crippen LogP contribution in [0.4, 0.5) is 5.69 Å². The normalized spacial score (nSPS) is 11.9. The van der Waals surface area contributed by atoms with Crippen molar-refractivity contribution in [3.63, 3.8) is 0 Å². The largest absolute Gasteiger partial charge is 0.495 e. The molecule has 0 heterocycles. The van der Waals surface area contributed by atoms with Gasteiger partial charge in [-0.25, -0.2) is 4.79 Å². The summed E-state index contributed by atoms with van der Waals surface area (Å²) in [5.41, 5.74) is 0.607. The number of benzene rings is 1. The SMILES string of the molecule is COCC(Nc1ccc(Cl)c(OC)c1)C(=O)O. The van der Waals surface area contributed by atoms with Crippen molar-refractivity contribution >= 4 is 23.3 Å². The van der Waals surface area contributed by atoms with Crippen LogP contribution >= 0.6 is 11.6 Å². The zero-order valence-corrected chi connectivity index (χ0v) is 10.3. The Bertz CT molecular complexity index is 397. The number of nitrogens with one attached hydrogen (secondary N) is 1. The van der Waals surface area contributed by atoms with E-state index in [1.807, 2.05) is 0 Å². The average Bonchev–Trinajstić information content (AvgIpc) is 2.30. The minimum Gasteiger partial charge on any atom is -0.495 e. The summed E-state index contributed by atoms with van der Waals surface area (Å²) in [5.74, 6) is -0.501. The van der Waals surface area contributed by atoms with Gasteiger partial charge in [-0.05, 0) is 12.1 Å². The van der Waals surface area contributed by atoms with E-state index in [4.69, 9.17) is 26.2 Å². The molecule has 0 fully saturated rings. The van der Waals surface area contributed by atoms with Gasteiger partial charge in [0.15, 0.2) is 0 Å². The molecular weight excluding hydrogens is 246 g/mol. The summed E-state index contributed by atoms with van der Waals surface area (Å²) in [4.78, 5) is 10.9. The number of hydrogen-bond acceptors (Lipinski definition) is 4. The predicted octanol–water partition coefficient (Wildman–Crippen LogP) is 1.86. The smallest absolute Gasteiger partial charge is 0.328 e. The number of carboxylic acid groups (broad SMARTS) is 1. The minimum atomic E-state index is -0.985. The predicted molar refractivity (Wildman–Crippen MR) is 64.9 cm³/mol. The molecule has 0 saturated heterocycles. The van der Waals surface area contributed by atoms with Crippen molar-refractivity contribution in [3.8, 4) is 5.75 Å². The van der Waals surface area contributed by atoms with Crippen molar-refractivity contribution in [1.29, 1.82) is 0 Å². The van der Waals surface area contributed by atoms with Crippen LogP contribution in [0.5, 0.6) is 5.75 Å². The Labute approximate surface area is 104 Å². The molecule has 6 heteroatoms. The Balaban J connectivity index is 2.82. The Morgan fingerprint density at radius 2 is 2.24 bits per heavy atom. The second kappa shape index (κ2) is 6.32. The molecule has 0 aromatic heterocycles. The lowest BCUT2D eigenvalue weighted by Gasteiger charge is -2.15. The molecule has 0 aliphatic heterocycles. The standard InChI is InChI=1S/C11H14ClNO4/c1-16-6-9(11(14)15)13-7-3-4-8(12)10(5-7)17-2/h3-5,9,13H,6H2,1-2H3,(H,14,15). The fourth-order valence-corrected chi connectivity index (χ4v) is 1.49. The molecule has 0 amide bonds. The van der Waals surface area contributed by atoms with E-state index in [1.54, 1.807) is 18.2 Å². The van der Waals surface area contributed by atoms with Crippen LogP contribution in [-0.4, -0.2) is 37.9 Å². The molecule has 94 valence electrons. The first-order valence-corrected chi connectivity index (χ1v) is 5.28. The van der Waals surface area contributed by atoms with Gasteiger partial charge in [0.1, 0.15) is 11.8 Å². The molecule has 0 saturated carbocycles. The van der Waals surface area contributed by atoms with Crippen LogP contribution in [-0.2, 0) is 9.53 Å². The summed E-state index contributed by atoms with van der Waals surface area (Å²) in [6.07, 6.45) is 0. The molecule has 0 radical (unpaired) electrons. The number of halogens is 1.